The van der Waals surface area contributed by atoms with Gasteiger partial charge in [0.1, 0.15) is 23.9 Å². The molecule has 12 heteroatoms. The van der Waals surface area contributed by atoms with Crippen molar-refractivity contribution < 1.29 is 14.2 Å². The smallest absolute Gasteiger partial charge is 0.256 e. The minimum atomic E-state index is -0.206. The van der Waals surface area contributed by atoms with Gasteiger partial charge < -0.3 is 25.3 Å². The molecular formula is C30H39ClN8O3. The van der Waals surface area contributed by atoms with Gasteiger partial charge >= 0.3 is 0 Å². The van der Waals surface area contributed by atoms with Crippen LogP contribution in [0.5, 0.6) is 11.6 Å². The summed E-state index contributed by atoms with van der Waals surface area (Å²) in [4.78, 5) is 17.1. The van der Waals surface area contributed by atoms with Crippen LogP contribution in [0.15, 0.2) is 46.8 Å². The number of nitrogens with zero attached hydrogens (tertiary/aromatic N) is 6. The lowest BCUT2D eigenvalue weighted by atomic mass is 9.96. The normalized spacial score (nSPS) is 17.6. The standard InChI is InChI=1S/C30H39ClN8O3/c1-21(14-33-20-34-19-32)42-28-13-23(7-8-26(28)31)24-15-35-30(36-16-24)37-27-17-39(25-5-3-2-4-6-25)38-29(27)41-18-22-9-11-40-12-10-22/h7-8,13,15-17,19-22,25H,2-6,9-12,14,18H2,1H3,(H2,32,33,34)(H,35,36,37)/t21-/m0/s1. The maximum atomic E-state index is 6.40. The summed E-state index contributed by atoms with van der Waals surface area (Å²) in [5.41, 5.74) is 7.71. The van der Waals surface area contributed by atoms with E-state index < -0.39 is 0 Å². The molecule has 11 nitrogen and oxygen atoms in total. The zero-order valence-electron chi connectivity index (χ0n) is 24.0. The first-order chi connectivity index (χ1) is 20.6. The third-order valence-corrected chi connectivity index (χ3v) is 7.84. The maximum Gasteiger partial charge on any atom is 0.256 e. The average Bonchev–Trinajstić information content (AvgIpc) is 3.43. The Hall–Kier alpha value is -3.70. The third-order valence-electron chi connectivity index (χ3n) is 7.53. The van der Waals surface area contributed by atoms with E-state index in [0.29, 0.717) is 47.7 Å². The number of rotatable bonds is 12. The molecule has 2 aromatic heterocycles. The molecule has 0 spiro atoms. The summed E-state index contributed by atoms with van der Waals surface area (Å²) in [6.45, 7) is 4.52. The predicted octanol–water partition coefficient (Wildman–Crippen LogP) is 5.83. The summed E-state index contributed by atoms with van der Waals surface area (Å²) in [5.74, 6) is 2.08. The Labute approximate surface area is 251 Å². The minimum Gasteiger partial charge on any atom is -0.487 e. The number of halogens is 1. The molecule has 3 heterocycles. The molecule has 5 rings (SSSR count). The Balaban J connectivity index is 1.27. The van der Waals surface area contributed by atoms with Crippen LogP contribution in [0, 0.1) is 5.92 Å². The lowest BCUT2D eigenvalue weighted by Gasteiger charge is -2.22. The van der Waals surface area contributed by atoms with E-state index in [0.717, 1.165) is 55.7 Å². The average molecular weight is 595 g/mol. The Bertz CT molecular complexity index is 1330. The van der Waals surface area contributed by atoms with Gasteiger partial charge in [-0.2, -0.15) is 0 Å². The molecule has 3 N–H and O–H groups in total. The molecule has 0 unspecified atom stereocenters. The molecule has 2 aliphatic rings. The molecule has 0 radical (unpaired) electrons. The summed E-state index contributed by atoms with van der Waals surface area (Å²) in [7, 11) is 0. The number of nitrogens with two attached hydrogens (primary N) is 1. The van der Waals surface area contributed by atoms with Crippen LogP contribution >= 0.6 is 11.6 Å². The molecule has 1 atom stereocenters. The summed E-state index contributed by atoms with van der Waals surface area (Å²) < 4.78 is 19.8. The van der Waals surface area contributed by atoms with Crippen molar-refractivity contribution in [2.24, 2.45) is 21.6 Å². The molecule has 1 saturated carbocycles. The molecule has 3 aromatic rings. The van der Waals surface area contributed by atoms with Crippen LogP contribution in [0.4, 0.5) is 11.6 Å². The summed E-state index contributed by atoms with van der Waals surface area (Å²) in [5, 5.41) is 8.70. The zero-order valence-corrected chi connectivity index (χ0v) is 24.7. The van der Waals surface area contributed by atoms with Gasteiger partial charge in [-0.1, -0.05) is 36.9 Å². The van der Waals surface area contributed by atoms with Crippen LogP contribution in [0.25, 0.3) is 11.1 Å². The highest BCUT2D eigenvalue weighted by Crippen LogP contribution is 2.34. The van der Waals surface area contributed by atoms with Crippen molar-refractivity contribution in [2.45, 2.75) is 64.0 Å². The summed E-state index contributed by atoms with van der Waals surface area (Å²) in [6, 6.07) is 5.98. The van der Waals surface area contributed by atoms with Gasteiger partial charge in [-0.3, -0.25) is 9.67 Å². The molecule has 1 aliphatic heterocycles. The molecular weight excluding hydrogens is 556 g/mol. The second-order valence-corrected chi connectivity index (χ2v) is 11.2. The van der Waals surface area contributed by atoms with Gasteiger partial charge in [0.05, 0.1) is 36.8 Å². The molecule has 2 fully saturated rings. The molecule has 0 amide bonds. The van der Waals surface area contributed by atoms with E-state index in [-0.39, 0.29) is 6.10 Å². The van der Waals surface area contributed by atoms with Crippen LogP contribution in [0.1, 0.15) is 57.9 Å². The first-order valence-corrected chi connectivity index (χ1v) is 15.0. The lowest BCUT2D eigenvalue weighted by Crippen LogP contribution is -2.21. The van der Waals surface area contributed by atoms with Crippen molar-refractivity contribution in [1.29, 1.82) is 0 Å². The Morgan fingerprint density at radius 3 is 2.69 bits per heavy atom. The Morgan fingerprint density at radius 1 is 1.14 bits per heavy atom. The number of anilines is 2. The van der Waals surface area contributed by atoms with E-state index in [1.54, 1.807) is 18.5 Å². The number of ether oxygens (including phenoxy) is 3. The summed E-state index contributed by atoms with van der Waals surface area (Å²) >= 11 is 6.40. The Kier molecular flexibility index (Phi) is 10.6. The van der Waals surface area contributed by atoms with Gasteiger partial charge in [0.2, 0.25) is 5.95 Å². The van der Waals surface area contributed by atoms with Crippen LogP contribution in [-0.2, 0) is 4.74 Å². The van der Waals surface area contributed by atoms with E-state index in [9.17, 15) is 0 Å². The molecule has 224 valence electrons. The van der Waals surface area contributed by atoms with Crippen LogP contribution in [-0.4, -0.2) is 64.9 Å². The summed E-state index contributed by atoms with van der Waals surface area (Å²) in [6.07, 6.45) is 16.0. The van der Waals surface area contributed by atoms with Crippen molar-refractivity contribution in [3.63, 3.8) is 0 Å². The predicted molar refractivity (Wildman–Crippen MR) is 165 cm³/mol. The minimum absolute atomic E-state index is 0.206. The monoisotopic (exact) mass is 594 g/mol. The highest BCUT2D eigenvalue weighted by atomic mass is 35.5. The molecule has 1 aliphatic carbocycles. The number of nitrogens with one attached hydrogen (secondary N) is 1. The van der Waals surface area contributed by atoms with E-state index in [2.05, 4.69) is 30.0 Å². The second kappa shape index (κ2) is 15.0. The van der Waals surface area contributed by atoms with Crippen molar-refractivity contribution >= 4 is 35.9 Å². The van der Waals surface area contributed by atoms with Crippen molar-refractivity contribution in [3.05, 3.63) is 41.8 Å². The molecule has 1 aromatic carbocycles. The second-order valence-electron chi connectivity index (χ2n) is 10.8. The quantitative estimate of drug-likeness (QED) is 0.197. The van der Waals surface area contributed by atoms with E-state index in [1.807, 2.05) is 25.3 Å². The largest absolute Gasteiger partial charge is 0.487 e. The fraction of sp³-hybridized carbons (Fsp3) is 0.500. The number of aliphatic imine (C=N–C) groups is 2. The molecule has 0 bridgehead atoms. The van der Waals surface area contributed by atoms with E-state index in [4.69, 9.17) is 36.6 Å². The highest BCUT2D eigenvalue weighted by Gasteiger charge is 2.22. The molecule has 42 heavy (non-hydrogen) atoms. The molecule has 1 saturated heterocycles. The Morgan fingerprint density at radius 2 is 1.93 bits per heavy atom. The van der Waals surface area contributed by atoms with E-state index >= 15 is 0 Å². The van der Waals surface area contributed by atoms with Crippen molar-refractivity contribution in [1.82, 2.24) is 19.7 Å². The number of hydrogen-bond donors (Lipinski definition) is 2. The number of aromatic nitrogens is 4. The SMILES string of the molecule is C[C@@H](CN=CN=CN)Oc1cc(-c2cnc(Nc3cn(C4CCCCC4)nc3OCC3CCOCC3)nc2)ccc1Cl. The number of benzene rings is 1. The topological polar surface area (TPSA) is 134 Å². The first kappa shape index (κ1) is 29.8. The fourth-order valence-corrected chi connectivity index (χ4v) is 5.34. The van der Waals surface area contributed by atoms with Gasteiger partial charge in [-0.25, -0.2) is 15.0 Å². The van der Waals surface area contributed by atoms with Gasteiger partial charge in [0.15, 0.2) is 0 Å². The van der Waals surface area contributed by atoms with Gasteiger partial charge in [-0.05, 0) is 56.2 Å². The van der Waals surface area contributed by atoms with Crippen LogP contribution < -0.4 is 20.5 Å². The lowest BCUT2D eigenvalue weighted by molar-refractivity contribution is 0.0490. The first-order valence-electron chi connectivity index (χ1n) is 14.7. The maximum absolute atomic E-state index is 6.40. The van der Waals surface area contributed by atoms with Gasteiger partial charge in [0.25, 0.3) is 5.88 Å². The zero-order chi connectivity index (χ0) is 29.1. The number of hydrogen-bond acceptors (Lipinski definition) is 8. The fourth-order valence-electron chi connectivity index (χ4n) is 5.18. The van der Waals surface area contributed by atoms with Crippen molar-refractivity contribution in [3.8, 4) is 22.8 Å². The highest BCUT2D eigenvalue weighted by molar-refractivity contribution is 6.32. The third kappa shape index (κ3) is 8.19. The van der Waals surface area contributed by atoms with Gasteiger partial charge in [0, 0.05) is 31.2 Å². The van der Waals surface area contributed by atoms with E-state index in [1.165, 1.54) is 31.9 Å². The van der Waals surface area contributed by atoms with Gasteiger partial charge in [-0.15, -0.1) is 5.10 Å². The van der Waals surface area contributed by atoms with Crippen LogP contribution in [0.3, 0.4) is 0 Å². The van der Waals surface area contributed by atoms with Crippen molar-refractivity contribution in [2.75, 3.05) is 31.7 Å². The van der Waals surface area contributed by atoms with Crippen LogP contribution in [0.2, 0.25) is 5.02 Å².